The van der Waals surface area contributed by atoms with Crippen LogP contribution in [0.15, 0.2) is 0 Å². The Morgan fingerprint density at radius 1 is 1.27 bits per heavy atom. The molecule has 1 aliphatic carbocycles. The van der Waals surface area contributed by atoms with Crippen molar-refractivity contribution in [3.05, 3.63) is 0 Å². The number of amides is 1. The maximum absolute atomic E-state index is 11.8. The monoisotopic (exact) mass is 211 g/mol. The Morgan fingerprint density at radius 2 is 1.93 bits per heavy atom. The predicted octanol–water partition coefficient (Wildman–Crippen LogP) is 0.603. The van der Waals surface area contributed by atoms with Crippen LogP contribution < -0.4 is 0 Å². The maximum Gasteiger partial charge on any atom is 0.251 e. The van der Waals surface area contributed by atoms with Crippen molar-refractivity contribution in [2.75, 3.05) is 20.2 Å². The van der Waals surface area contributed by atoms with E-state index < -0.39 is 0 Å². The number of carbonyl (C=O) groups excluding carboxylic acids is 2. The fourth-order valence-electron chi connectivity index (χ4n) is 2.32. The predicted molar refractivity (Wildman–Crippen MR) is 54.3 cm³/mol. The average Bonchev–Trinajstić information content (AvgIpc) is 2.24. The zero-order valence-corrected chi connectivity index (χ0v) is 9.07. The number of rotatable bonds is 1. The molecule has 4 nitrogen and oxygen atoms in total. The summed E-state index contributed by atoms with van der Waals surface area (Å²) in [5, 5.41) is 0. The van der Waals surface area contributed by atoms with Crippen molar-refractivity contribution < 1.29 is 14.3 Å². The molecule has 2 fully saturated rings. The first kappa shape index (κ1) is 10.6. The molecule has 15 heavy (non-hydrogen) atoms. The lowest BCUT2D eigenvalue weighted by atomic mass is 9.84. The highest BCUT2D eigenvalue weighted by Gasteiger charge is 2.36. The summed E-state index contributed by atoms with van der Waals surface area (Å²) < 4.78 is 5.53. The third-order valence-corrected chi connectivity index (χ3v) is 3.36. The normalized spacial score (nSPS) is 29.7. The minimum atomic E-state index is -0.295. The Hall–Kier alpha value is -0.900. The van der Waals surface area contributed by atoms with Crippen LogP contribution in [0.25, 0.3) is 0 Å². The van der Waals surface area contributed by atoms with E-state index in [-0.39, 0.29) is 17.9 Å². The summed E-state index contributed by atoms with van der Waals surface area (Å²) in [6.45, 7) is 1.30. The van der Waals surface area contributed by atoms with E-state index >= 15 is 0 Å². The molecule has 0 N–H and O–H groups in total. The highest BCUT2D eigenvalue weighted by molar-refractivity contribution is 5.83. The molecule has 0 bridgehead atoms. The fourth-order valence-corrected chi connectivity index (χ4v) is 2.32. The minimum absolute atomic E-state index is 0.0839. The number of hydrogen-bond donors (Lipinski definition) is 0. The molecule has 1 aliphatic heterocycles. The standard InChI is InChI=1S/C11H17NO3/c1-12-6-7-15-10(11(12)14)8-2-4-9(13)5-3-8/h8,10H,2-7H2,1H3. The van der Waals surface area contributed by atoms with E-state index in [0.717, 1.165) is 12.8 Å². The molecular formula is C11H17NO3. The Bertz CT molecular complexity index is 267. The van der Waals surface area contributed by atoms with E-state index in [2.05, 4.69) is 0 Å². The molecule has 0 aromatic carbocycles. The van der Waals surface area contributed by atoms with Crippen LogP contribution in [0.4, 0.5) is 0 Å². The van der Waals surface area contributed by atoms with Gasteiger partial charge in [0, 0.05) is 26.4 Å². The molecule has 2 rings (SSSR count). The van der Waals surface area contributed by atoms with Gasteiger partial charge >= 0.3 is 0 Å². The first-order valence-electron chi connectivity index (χ1n) is 5.57. The Balaban J connectivity index is 1.97. The number of ether oxygens (including phenoxy) is 1. The van der Waals surface area contributed by atoms with Crippen molar-refractivity contribution >= 4 is 11.7 Å². The third kappa shape index (κ3) is 2.20. The van der Waals surface area contributed by atoms with Crippen molar-refractivity contribution in [2.24, 2.45) is 5.92 Å². The van der Waals surface area contributed by atoms with Crippen LogP contribution in [-0.2, 0) is 14.3 Å². The first-order valence-corrected chi connectivity index (χ1v) is 5.57. The molecule has 2 aliphatic rings. The average molecular weight is 211 g/mol. The van der Waals surface area contributed by atoms with Gasteiger partial charge in [0.2, 0.25) is 0 Å². The Labute approximate surface area is 89.6 Å². The van der Waals surface area contributed by atoms with Gasteiger partial charge in [-0.05, 0) is 18.8 Å². The molecule has 0 spiro atoms. The van der Waals surface area contributed by atoms with Crippen molar-refractivity contribution in [1.29, 1.82) is 0 Å². The molecule has 1 saturated carbocycles. The fraction of sp³-hybridized carbons (Fsp3) is 0.818. The summed E-state index contributed by atoms with van der Waals surface area (Å²) in [6, 6.07) is 0. The van der Waals surface area contributed by atoms with E-state index in [4.69, 9.17) is 4.74 Å². The highest BCUT2D eigenvalue weighted by atomic mass is 16.5. The van der Waals surface area contributed by atoms with Crippen molar-refractivity contribution in [3.8, 4) is 0 Å². The molecule has 4 heteroatoms. The summed E-state index contributed by atoms with van der Waals surface area (Å²) in [7, 11) is 1.81. The second kappa shape index (κ2) is 4.31. The molecule has 0 radical (unpaired) electrons. The van der Waals surface area contributed by atoms with Crippen LogP contribution in [0.5, 0.6) is 0 Å². The number of ketones is 1. The summed E-state index contributed by atoms with van der Waals surface area (Å²) in [5.41, 5.74) is 0. The number of carbonyl (C=O) groups is 2. The molecule has 1 amide bonds. The van der Waals surface area contributed by atoms with Gasteiger partial charge in [-0.25, -0.2) is 0 Å². The number of nitrogens with zero attached hydrogens (tertiary/aromatic N) is 1. The number of morpholine rings is 1. The number of likely N-dealkylation sites (N-methyl/N-ethyl adjacent to an activating group) is 1. The molecule has 84 valence electrons. The van der Waals surface area contributed by atoms with Crippen LogP contribution in [0.2, 0.25) is 0 Å². The summed E-state index contributed by atoms with van der Waals surface area (Å²) in [6.07, 6.45) is 2.55. The van der Waals surface area contributed by atoms with E-state index in [0.29, 0.717) is 31.8 Å². The van der Waals surface area contributed by atoms with Gasteiger partial charge in [-0.1, -0.05) is 0 Å². The van der Waals surface area contributed by atoms with Crippen LogP contribution in [0.1, 0.15) is 25.7 Å². The molecule has 0 aromatic rings. The quantitative estimate of drug-likeness (QED) is 0.638. The van der Waals surface area contributed by atoms with E-state index in [9.17, 15) is 9.59 Å². The van der Waals surface area contributed by atoms with Gasteiger partial charge in [-0.15, -0.1) is 0 Å². The van der Waals surface area contributed by atoms with E-state index in [1.807, 2.05) is 7.05 Å². The molecular weight excluding hydrogens is 194 g/mol. The maximum atomic E-state index is 11.8. The van der Waals surface area contributed by atoms with E-state index in [1.165, 1.54) is 0 Å². The summed E-state index contributed by atoms with van der Waals surface area (Å²) in [5.74, 6) is 0.654. The van der Waals surface area contributed by atoms with Crippen molar-refractivity contribution in [2.45, 2.75) is 31.8 Å². The van der Waals surface area contributed by atoms with E-state index in [1.54, 1.807) is 4.90 Å². The largest absolute Gasteiger partial charge is 0.366 e. The molecule has 1 atom stereocenters. The van der Waals surface area contributed by atoms with Gasteiger partial charge in [-0.3, -0.25) is 9.59 Å². The molecule has 1 heterocycles. The summed E-state index contributed by atoms with van der Waals surface area (Å²) >= 11 is 0. The van der Waals surface area contributed by atoms with Crippen molar-refractivity contribution in [1.82, 2.24) is 4.90 Å². The number of Topliss-reactive ketones (excluding diaryl/α,β-unsaturated/α-hetero) is 1. The Morgan fingerprint density at radius 3 is 2.60 bits per heavy atom. The second-order valence-corrected chi connectivity index (χ2v) is 4.43. The van der Waals surface area contributed by atoms with Crippen LogP contribution >= 0.6 is 0 Å². The van der Waals surface area contributed by atoms with Crippen LogP contribution in [-0.4, -0.2) is 42.9 Å². The van der Waals surface area contributed by atoms with Crippen LogP contribution in [0.3, 0.4) is 0 Å². The van der Waals surface area contributed by atoms with Gasteiger partial charge in [0.25, 0.3) is 5.91 Å². The highest BCUT2D eigenvalue weighted by Crippen LogP contribution is 2.28. The SMILES string of the molecule is CN1CCOC(C2CCC(=O)CC2)C1=O. The zero-order valence-electron chi connectivity index (χ0n) is 9.07. The minimum Gasteiger partial charge on any atom is -0.366 e. The van der Waals surface area contributed by atoms with Gasteiger partial charge in [0.05, 0.1) is 6.61 Å². The Kier molecular flexibility index (Phi) is 3.05. The van der Waals surface area contributed by atoms with Gasteiger partial charge in [0.15, 0.2) is 0 Å². The summed E-state index contributed by atoms with van der Waals surface area (Å²) in [4.78, 5) is 24.6. The topological polar surface area (TPSA) is 46.6 Å². The van der Waals surface area contributed by atoms with Gasteiger partial charge in [-0.2, -0.15) is 0 Å². The first-order chi connectivity index (χ1) is 7.18. The van der Waals surface area contributed by atoms with Crippen molar-refractivity contribution in [3.63, 3.8) is 0 Å². The zero-order chi connectivity index (χ0) is 10.8. The lowest BCUT2D eigenvalue weighted by Gasteiger charge is -2.35. The lowest BCUT2D eigenvalue weighted by Crippen LogP contribution is -2.49. The second-order valence-electron chi connectivity index (χ2n) is 4.43. The molecule has 1 unspecified atom stereocenters. The number of hydrogen-bond acceptors (Lipinski definition) is 3. The smallest absolute Gasteiger partial charge is 0.251 e. The van der Waals surface area contributed by atoms with Crippen LogP contribution in [0, 0.1) is 5.92 Å². The lowest BCUT2D eigenvalue weighted by molar-refractivity contribution is -0.157. The molecule has 0 aromatic heterocycles. The third-order valence-electron chi connectivity index (χ3n) is 3.36. The molecule has 1 saturated heterocycles. The van der Waals surface area contributed by atoms with Gasteiger partial charge < -0.3 is 9.64 Å². The van der Waals surface area contributed by atoms with Gasteiger partial charge in [0.1, 0.15) is 11.9 Å².